The van der Waals surface area contributed by atoms with Crippen LogP contribution in [0.1, 0.15) is 22.2 Å². The maximum Gasteiger partial charge on any atom is 0.341 e. The topological polar surface area (TPSA) is 66.3 Å². The molecule has 0 atom stereocenters. The first-order chi connectivity index (χ1) is 15.8. The Bertz CT molecular complexity index is 1170. The zero-order valence-electron chi connectivity index (χ0n) is 18.1. The van der Waals surface area contributed by atoms with E-state index in [1.165, 1.54) is 11.3 Å². The van der Waals surface area contributed by atoms with Gasteiger partial charge < -0.3 is 9.64 Å². The zero-order chi connectivity index (χ0) is 24.0. The number of anilines is 1. The van der Waals surface area contributed by atoms with Crippen LogP contribution in [0.25, 0.3) is 11.1 Å². The normalized spacial score (nSPS) is 11.3. The highest BCUT2D eigenvalue weighted by atomic mass is 35.5. The lowest BCUT2D eigenvalue weighted by Gasteiger charge is -2.08. The van der Waals surface area contributed by atoms with Crippen LogP contribution in [-0.4, -0.2) is 44.1 Å². The van der Waals surface area contributed by atoms with E-state index in [0.717, 1.165) is 5.56 Å². The second-order valence-corrected chi connectivity index (χ2v) is 9.21. The van der Waals surface area contributed by atoms with Crippen molar-refractivity contribution >= 4 is 75.4 Å². The van der Waals surface area contributed by atoms with Gasteiger partial charge >= 0.3 is 5.97 Å². The summed E-state index contributed by atoms with van der Waals surface area (Å²) in [6, 6.07) is 12.7. The van der Waals surface area contributed by atoms with Gasteiger partial charge in [-0.3, -0.25) is 5.43 Å². The number of hydrogen-bond acceptors (Lipinski definition) is 6. The van der Waals surface area contributed by atoms with Crippen LogP contribution in [0, 0.1) is 0 Å². The van der Waals surface area contributed by atoms with E-state index >= 15 is 0 Å². The SMILES string of the molecule is CCOC(=O)c1c(N=CN(C)C)sc(C=NNc2c(Cl)cc(Cl)cc2Cl)c1-c1ccccc1. The highest BCUT2D eigenvalue weighted by Gasteiger charge is 2.25. The molecular weight excluding hydrogens is 503 g/mol. The molecule has 0 amide bonds. The minimum absolute atomic E-state index is 0.248. The van der Waals surface area contributed by atoms with Crippen molar-refractivity contribution in [1.29, 1.82) is 0 Å². The van der Waals surface area contributed by atoms with Gasteiger partial charge in [-0.1, -0.05) is 65.1 Å². The molecule has 6 nitrogen and oxygen atoms in total. The van der Waals surface area contributed by atoms with Gasteiger partial charge in [-0.05, 0) is 24.6 Å². The number of halogens is 3. The molecule has 0 bridgehead atoms. The molecule has 33 heavy (non-hydrogen) atoms. The van der Waals surface area contributed by atoms with Gasteiger partial charge in [0, 0.05) is 24.7 Å². The average molecular weight is 524 g/mol. The van der Waals surface area contributed by atoms with E-state index < -0.39 is 5.97 Å². The maximum atomic E-state index is 12.9. The fourth-order valence-corrected chi connectivity index (χ4v) is 4.80. The largest absolute Gasteiger partial charge is 0.462 e. The Morgan fingerprint density at radius 1 is 1.15 bits per heavy atom. The maximum absolute atomic E-state index is 12.9. The molecule has 0 radical (unpaired) electrons. The summed E-state index contributed by atoms with van der Waals surface area (Å²) in [5.74, 6) is -0.449. The summed E-state index contributed by atoms with van der Waals surface area (Å²) < 4.78 is 5.34. The molecule has 0 saturated carbocycles. The molecule has 2 aromatic carbocycles. The first kappa shape index (κ1) is 25.1. The van der Waals surface area contributed by atoms with Crippen molar-refractivity contribution in [1.82, 2.24) is 4.90 Å². The number of hydrazone groups is 1. The Morgan fingerprint density at radius 3 is 2.42 bits per heavy atom. The molecule has 3 rings (SSSR count). The fraction of sp³-hybridized carbons (Fsp3) is 0.174. The number of thiophene rings is 1. The Morgan fingerprint density at radius 2 is 1.82 bits per heavy atom. The highest BCUT2D eigenvalue weighted by Crippen LogP contribution is 2.42. The van der Waals surface area contributed by atoms with E-state index in [1.807, 2.05) is 44.4 Å². The molecule has 0 saturated heterocycles. The van der Waals surface area contributed by atoms with Gasteiger partial charge in [-0.15, -0.1) is 11.3 Å². The van der Waals surface area contributed by atoms with Crippen molar-refractivity contribution in [2.75, 3.05) is 26.1 Å². The van der Waals surface area contributed by atoms with E-state index in [9.17, 15) is 4.79 Å². The van der Waals surface area contributed by atoms with Crippen LogP contribution in [0.5, 0.6) is 0 Å². The van der Waals surface area contributed by atoms with E-state index in [-0.39, 0.29) is 6.61 Å². The summed E-state index contributed by atoms with van der Waals surface area (Å²) in [7, 11) is 3.70. The average Bonchev–Trinajstić information content (AvgIpc) is 3.13. The molecule has 10 heteroatoms. The quantitative estimate of drug-likeness (QED) is 0.146. The molecule has 3 aromatic rings. The standard InChI is InChI=1S/C23H21Cl3N4O2S/c1-4-32-23(31)20-19(14-8-6-5-7-9-14)18(33-22(20)27-13-30(2)3)12-28-29-21-16(25)10-15(24)11-17(21)26/h5-13,29H,4H2,1-3H3. The number of esters is 1. The summed E-state index contributed by atoms with van der Waals surface area (Å²) in [5.41, 5.74) is 5.19. The number of nitrogens with zero attached hydrogens (tertiary/aromatic N) is 3. The Kier molecular flexibility index (Phi) is 8.74. The van der Waals surface area contributed by atoms with E-state index in [1.54, 1.807) is 36.5 Å². The number of carbonyl (C=O) groups is 1. The lowest BCUT2D eigenvalue weighted by molar-refractivity contribution is 0.0529. The molecular formula is C23H21Cl3N4O2S. The molecule has 1 N–H and O–H groups in total. The molecule has 0 aliphatic carbocycles. The summed E-state index contributed by atoms with van der Waals surface area (Å²) >= 11 is 19.8. The Balaban J connectivity index is 2.11. The minimum Gasteiger partial charge on any atom is -0.462 e. The monoisotopic (exact) mass is 522 g/mol. The molecule has 0 spiro atoms. The van der Waals surface area contributed by atoms with E-state index in [4.69, 9.17) is 39.5 Å². The molecule has 1 heterocycles. The third-order valence-corrected chi connectivity index (χ3v) is 6.08. The first-order valence-corrected chi connectivity index (χ1v) is 11.8. The molecule has 0 fully saturated rings. The second kappa shape index (κ2) is 11.5. The van der Waals surface area contributed by atoms with Crippen molar-refractivity contribution in [3.63, 3.8) is 0 Å². The zero-order valence-corrected chi connectivity index (χ0v) is 21.2. The van der Waals surface area contributed by atoms with Crippen LogP contribution >= 0.6 is 46.1 Å². The van der Waals surface area contributed by atoms with Crippen molar-refractivity contribution in [3.05, 3.63) is 68.0 Å². The van der Waals surface area contributed by atoms with Gasteiger partial charge in [0.2, 0.25) is 0 Å². The molecule has 0 aliphatic heterocycles. The van der Waals surface area contributed by atoms with Crippen LogP contribution in [-0.2, 0) is 4.74 Å². The van der Waals surface area contributed by atoms with Crippen LogP contribution < -0.4 is 5.43 Å². The molecule has 0 unspecified atom stereocenters. The van der Waals surface area contributed by atoms with E-state index in [0.29, 0.717) is 41.8 Å². The van der Waals surface area contributed by atoms with Crippen molar-refractivity contribution in [2.24, 2.45) is 10.1 Å². The van der Waals surface area contributed by atoms with Gasteiger partial charge in [0.25, 0.3) is 0 Å². The number of carbonyl (C=O) groups excluding carboxylic acids is 1. The Hall–Kier alpha value is -2.58. The number of rotatable bonds is 8. The number of benzene rings is 2. The highest BCUT2D eigenvalue weighted by molar-refractivity contribution is 7.18. The number of hydrogen-bond donors (Lipinski definition) is 1. The van der Waals surface area contributed by atoms with Crippen LogP contribution in [0.2, 0.25) is 15.1 Å². The smallest absolute Gasteiger partial charge is 0.341 e. The predicted octanol–water partition coefficient (Wildman–Crippen LogP) is 7.22. The van der Waals surface area contributed by atoms with Crippen molar-refractivity contribution in [3.8, 4) is 11.1 Å². The Labute approximate surface area is 211 Å². The van der Waals surface area contributed by atoms with Crippen LogP contribution in [0.15, 0.2) is 52.6 Å². The lowest BCUT2D eigenvalue weighted by Crippen LogP contribution is -2.08. The summed E-state index contributed by atoms with van der Waals surface area (Å²) in [4.78, 5) is 19.9. The molecule has 1 aromatic heterocycles. The van der Waals surface area contributed by atoms with Gasteiger partial charge in [0.1, 0.15) is 10.6 Å². The minimum atomic E-state index is -0.449. The van der Waals surface area contributed by atoms with Crippen LogP contribution in [0.4, 0.5) is 10.7 Å². The number of nitrogens with one attached hydrogen (secondary N) is 1. The third-order valence-electron chi connectivity index (χ3n) is 4.23. The third kappa shape index (κ3) is 6.26. The molecule has 172 valence electrons. The predicted molar refractivity (Wildman–Crippen MR) is 140 cm³/mol. The van der Waals surface area contributed by atoms with Gasteiger partial charge in [-0.25, -0.2) is 9.79 Å². The summed E-state index contributed by atoms with van der Waals surface area (Å²) in [6.07, 6.45) is 3.24. The second-order valence-electron chi connectivity index (χ2n) is 6.93. The van der Waals surface area contributed by atoms with Gasteiger partial charge in [0.05, 0.1) is 39.8 Å². The summed E-state index contributed by atoms with van der Waals surface area (Å²) in [5, 5.41) is 5.93. The van der Waals surface area contributed by atoms with Gasteiger partial charge in [-0.2, -0.15) is 5.10 Å². The van der Waals surface area contributed by atoms with Crippen molar-refractivity contribution in [2.45, 2.75) is 6.92 Å². The molecule has 0 aliphatic rings. The van der Waals surface area contributed by atoms with Crippen molar-refractivity contribution < 1.29 is 9.53 Å². The van der Waals surface area contributed by atoms with Crippen LogP contribution in [0.3, 0.4) is 0 Å². The summed E-state index contributed by atoms with van der Waals surface area (Å²) in [6.45, 7) is 2.01. The van der Waals surface area contributed by atoms with E-state index in [2.05, 4.69) is 15.5 Å². The number of aliphatic imine (C=N–C) groups is 1. The number of ether oxygens (including phenoxy) is 1. The first-order valence-electron chi connectivity index (χ1n) is 9.85. The fourth-order valence-electron chi connectivity index (χ4n) is 2.87. The lowest BCUT2D eigenvalue weighted by atomic mass is 10.0. The van der Waals surface area contributed by atoms with Gasteiger partial charge in [0.15, 0.2) is 0 Å².